The van der Waals surface area contributed by atoms with E-state index in [1.54, 1.807) is 11.3 Å². The highest BCUT2D eigenvalue weighted by Crippen LogP contribution is 2.29. The maximum atomic E-state index is 4.58. The van der Waals surface area contributed by atoms with Crippen LogP contribution in [0.3, 0.4) is 0 Å². The van der Waals surface area contributed by atoms with E-state index in [4.69, 9.17) is 0 Å². The number of fused-ring (bicyclic) bond motifs is 1. The second-order valence-electron chi connectivity index (χ2n) is 7.03. The summed E-state index contributed by atoms with van der Waals surface area (Å²) in [5.41, 5.74) is 2.28. The van der Waals surface area contributed by atoms with Crippen molar-refractivity contribution in [2.75, 3.05) is 18.4 Å². The van der Waals surface area contributed by atoms with Gasteiger partial charge in [0.15, 0.2) is 0 Å². The number of anilines is 1. The van der Waals surface area contributed by atoms with E-state index in [0.29, 0.717) is 6.04 Å². The zero-order valence-electron chi connectivity index (χ0n) is 15.2. The largest absolute Gasteiger partial charge is 0.343 e. The Kier molecular flexibility index (Phi) is 5.05. The van der Waals surface area contributed by atoms with Gasteiger partial charge in [-0.1, -0.05) is 31.2 Å². The molecular formula is C22H25N3S. The van der Waals surface area contributed by atoms with Crippen LogP contribution in [0.5, 0.6) is 0 Å². The third-order valence-corrected chi connectivity index (χ3v) is 6.18. The maximum absolute atomic E-state index is 4.58. The molecule has 0 aliphatic carbocycles. The smallest absolute Gasteiger partial charge is 0.130 e. The first-order valence-electron chi connectivity index (χ1n) is 9.34. The molecule has 3 aromatic rings. The molecule has 134 valence electrons. The van der Waals surface area contributed by atoms with Gasteiger partial charge in [-0.3, -0.25) is 4.90 Å². The molecule has 4 rings (SSSR count). The van der Waals surface area contributed by atoms with Crippen LogP contribution in [0, 0.1) is 0 Å². The fourth-order valence-electron chi connectivity index (χ4n) is 3.60. The fourth-order valence-corrected chi connectivity index (χ4v) is 4.32. The summed E-state index contributed by atoms with van der Waals surface area (Å²) in [6.45, 7) is 8.83. The van der Waals surface area contributed by atoms with E-state index in [1.807, 2.05) is 6.20 Å². The van der Waals surface area contributed by atoms with E-state index in [1.165, 1.54) is 35.1 Å². The van der Waals surface area contributed by atoms with Crippen LogP contribution in [0.1, 0.15) is 26.2 Å². The number of rotatable bonds is 5. The lowest BCUT2D eigenvalue weighted by Gasteiger charge is -2.33. The Bertz CT molecular complexity index is 895. The molecule has 0 amide bonds. The van der Waals surface area contributed by atoms with Crippen molar-refractivity contribution in [2.45, 2.75) is 32.2 Å². The first-order chi connectivity index (χ1) is 12.7. The highest BCUT2D eigenvalue weighted by molar-refractivity contribution is 7.13. The molecule has 1 unspecified atom stereocenters. The summed E-state index contributed by atoms with van der Waals surface area (Å²) in [7, 11) is 0. The van der Waals surface area contributed by atoms with E-state index in [0.717, 1.165) is 30.0 Å². The van der Waals surface area contributed by atoms with Crippen LogP contribution >= 0.6 is 11.3 Å². The third-order valence-electron chi connectivity index (χ3n) is 5.26. The predicted octanol–water partition coefficient (Wildman–Crippen LogP) is 5.76. The maximum Gasteiger partial charge on any atom is 0.130 e. The Hall–Kier alpha value is -2.17. The summed E-state index contributed by atoms with van der Waals surface area (Å²) in [6.07, 6.45) is 5.87. The number of nitrogens with zero attached hydrogens (tertiary/aromatic N) is 2. The summed E-state index contributed by atoms with van der Waals surface area (Å²) >= 11 is 1.77. The lowest BCUT2D eigenvalue weighted by molar-refractivity contribution is 0.195. The number of pyridine rings is 1. The molecule has 1 aromatic carbocycles. The normalized spacial score (nSPS) is 16.5. The molecule has 2 aromatic heterocycles. The highest BCUT2D eigenvalue weighted by atomic mass is 32.1. The van der Waals surface area contributed by atoms with Crippen molar-refractivity contribution in [2.24, 2.45) is 0 Å². The van der Waals surface area contributed by atoms with Crippen LogP contribution in [-0.2, 0) is 0 Å². The predicted molar refractivity (Wildman–Crippen MR) is 113 cm³/mol. The minimum atomic E-state index is 0.324. The van der Waals surface area contributed by atoms with Gasteiger partial charge in [-0.05, 0) is 67.4 Å². The lowest BCUT2D eigenvalue weighted by Crippen LogP contribution is -2.39. The number of likely N-dealkylation sites (tertiary alicyclic amines) is 1. The van der Waals surface area contributed by atoms with Crippen molar-refractivity contribution >= 4 is 27.9 Å². The number of piperidine rings is 1. The van der Waals surface area contributed by atoms with Gasteiger partial charge in [0.1, 0.15) is 5.82 Å². The van der Waals surface area contributed by atoms with Crippen LogP contribution in [0.15, 0.2) is 60.3 Å². The van der Waals surface area contributed by atoms with E-state index < -0.39 is 0 Å². The first-order valence-corrected chi connectivity index (χ1v) is 10.2. The quantitative estimate of drug-likeness (QED) is 0.624. The first kappa shape index (κ1) is 17.3. The molecule has 3 nitrogen and oxygen atoms in total. The second-order valence-corrected chi connectivity index (χ2v) is 7.98. The van der Waals surface area contributed by atoms with Crippen molar-refractivity contribution in [3.63, 3.8) is 0 Å². The van der Waals surface area contributed by atoms with Gasteiger partial charge in [-0.2, -0.15) is 0 Å². The minimum Gasteiger partial charge on any atom is -0.343 e. The van der Waals surface area contributed by atoms with E-state index in [9.17, 15) is 0 Å². The molecule has 4 heteroatoms. The monoisotopic (exact) mass is 363 g/mol. The van der Waals surface area contributed by atoms with Crippen LogP contribution in [0.25, 0.3) is 21.2 Å². The molecule has 1 aliphatic heterocycles. The lowest BCUT2D eigenvalue weighted by atomic mass is 10.1. The summed E-state index contributed by atoms with van der Waals surface area (Å²) in [6, 6.07) is 13.3. The second kappa shape index (κ2) is 7.60. The van der Waals surface area contributed by atoms with Crippen molar-refractivity contribution < 1.29 is 0 Å². The Balaban J connectivity index is 1.53. The highest BCUT2D eigenvalue weighted by Gasteiger charge is 2.19. The van der Waals surface area contributed by atoms with Crippen LogP contribution in [0.4, 0.5) is 5.82 Å². The zero-order chi connectivity index (χ0) is 17.9. The molecule has 1 atom stereocenters. The zero-order valence-corrected chi connectivity index (χ0v) is 16.1. The Labute approximate surface area is 159 Å². The third kappa shape index (κ3) is 3.67. The van der Waals surface area contributed by atoms with E-state index in [-0.39, 0.29) is 0 Å². The number of thiophene rings is 1. The van der Waals surface area contributed by atoms with Crippen molar-refractivity contribution in [3.8, 4) is 10.4 Å². The van der Waals surface area contributed by atoms with Crippen LogP contribution in [0.2, 0.25) is 0 Å². The van der Waals surface area contributed by atoms with Gasteiger partial charge in [0.2, 0.25) is 0 Å². The molecule has 1 saturated heterocycles. The molecular weight excluding hydrogens is 338 g/mol. The number of hydrogen-bond donors (Lipinski definition) is 1. The molecule has 3 heterocycles. The molecule has 1 fully saturated rings. The SMILES string of the molecule is C=C(Nc1cc2cc(-c3cccs3)ccc2cn1)C(C)N1CCCCC1. The minimum absolute atomic E-state index is 0.324. The van der Waals surface area contributed by atoms with E-state index in [2.05, 4.69) is 70.5 Å². The summed E-state index contributed by atoms with van der Waals surface area (Å²) in [4.78, 5) is 8.38. The van der Waals surface area contributed by atoms with E-state index >= 15 is 0 Å². The Morgan fingerprint density at radius 3 is 2.77 bits per heavy atom. The summed E-state index contributed by atoms with van der Waals surface area (Å²) < 4.78 is 0. The average molecular weight is 364 g/mol. The molecule has 0 spiro atoms. The van der Waals surface area contributed by atoms with Crippen LogP contribution in [-0.4, -0.2) is 29.0 Å². The molecule has 26 heavy (non-hydrogen) atoms. The van der Waals surface area contributed by atoms with Gasteiger partial charge >= 0.3 is 0 Å². The van der Waals surface area contributed by atoms with Gasteiger partial charge in [-0.25, -0.2) is 4.98 Å². The number of hydrogen-bond acceptors (Lipinski definition) is 4. The van der Waals surface area contributed by atoms with Crippen molar-refractivity contribution in [3.05, 3.63) is 60.3 Å². The molecule has 0 bridgehead atoms. The molecule has 0 radical (unpaired) electrons. The Morgan fingerprint density at radius 1 is 1.15 bits per heavy atom. The topological polar surface area (TPSA) is 28.2 Å². The van der Waals surface area contributed by atoms with Gasteiger partial charge in [0.25, 0.3) is 0 Å². The molecule has 1 N–H and O–H groups in total. The standard InChI is InChI=1S/C22H25N3S/c1-16(17(2)25-10-4-3-5-11-25)24-22-14-20-13-18(21-7-6-12-26-21)8-9-19(20)15-23-22/h6-9,12-15,17H,1,3-5,10-11H2,2H3,(H,23,24). The average Bonchev–Trinajstić information content (AvgIpc) is 3.22. The van der Waals surface area contributed by atoms with Gasteiger partial charge < -0.3 is 5.32 Å². The van der Waals surface area contributed by atoms with Crippen molar-refractivity contribution in [1.29, 1.82) is 0 Å². The summed E-state index contributed by atoms with van der Waals surface area (Å²) in [5, 5.41) is 7.92. The van der Waals surface area contributed by atoms with Crippen molar-refractivity contribution in [1.82, 2.24) is 9.88 Å². The van der Waals surface area contributed by atoms with Gasteiger partial charge in [-0.15, -0.1) is 11.3 Å². The molecule has 1 aliphatic rings. The molecule has 0 saturated carbocycles. The van der Waals surface area contributed by atoms with Crippen LogP contribution < -0.4 is 5.32 Å². The number of aromatic nitrogens is 1. The van der Waals surface area contributed by atoms with Gasteiger partial charge in [0.05, 0.1) is 0 Å². The fraction of sp³-hybridized carbons (Fsp3) is 0.318. The number of nitrogens with one attached hydrogen (secondary N) is 1. The Morgan fingerprint density at radius 2 is 2.00 bits per heavy atom. The van der Waals surface area contributed by atoms with Gasteiger partial charge in [0, 0.05) is 28.2 Å². The number of benzene rings is 1. The summed E-state index contributed by atoms with van der Waals surface area (Å²) in [5.74, 6) is 0.870.